The molecule has 0 fully saturated rings. The van der Waals surface area contributed by atoms with E-state index in [4.69, 9.17) is 9.47 Å². The van der Waals surface area contributed by atoms with Crippen molar-refractivity contribution in [3.05, 3.63) is 0 Å². The zero-order chi connectivity index (χ0) is 11.7. The van der Waals surface area contributed by atoms with Crippen molar-refractivity contribution in [3.63, 3.8) is 0 Å². The molecule has 0 N–H and O–H groups in total. The molecule has 0 aliphatic heterocycles. The molecule has 0 spiro atoms. The van der Waals surface area contributed by atoms with E-state index in [1.165, 1.54) is 0 Å². The average molecular weight is 328 g/mol. The number of hydrogen-bond acceptors (Lipinski definition) is 4. The lowest BCUT2D eigenvalue weighted by molar-refractivity contribution is -0.153. The Hall–Kier alpha value is -0.330. The normalized spacial score (nSPS) is 11.9. The second-order valence-corrected chi connectivity index (χ2v) is 3.91. The second-order valence-electron chi connectivity index (χ2n) is 3.03. The van der Waals surface area contributed by atoms with Gasteiger partial charge < -0.3 is 9.47 Å². The van der Waals surface area contributed by atoms with Crippen molar-refractivity contribution in [3.8, 4) is 0 Å². The van der Waals surface area contributed by atoms with Gasteiger partial charge in [0.15, 0.2) is 0 Å². The third-order valence-electron chi connectivity index (χ3n) is 1.62. The van der Waals surface area contributed by atoms with E-state index in [0.717, 1.165) is 6.42 Å². The number of rotatable bonds is 7. The van der Waals surface area contributed by atoms with Crippen LogP contribution >= 0.6 is 22.6 Å². The molecule has 0 bridgehead atoms. The molecule has 15 heavy (non-hydrogen) atoms. The van der Waals surface area contributed by atoms with Crippen LogP contribution in [0.15, 0.2) is 0 Å². The Morgan fingerprint density at radius 2 is 1.93 bits per heavy atom. The van der Waals surface area contributed by atoms with Crippen molar-refractivity contribution < 1.29 is 19.1 Å². The van der Waals surface area contributed by atoms with Crippen molar-refractivity contribution >= 4 is 34.5 Å². The lowest BCUT2D eigenvalue weighted by atomic mass is 10.3. The summed E-state index contributed by atoms with van der Waals surface area (Å²) in [5, 5.41) is 0. The molecule has 88 valence electrons. The maximum absolute atomic E-state index is 11.2. The number of hydrogen-bond donors (Lipinski definition) is 0. The highest BCUT2D eigenvalue weighted by molar-refractivity contribution is 14.1. The summed E-state index contributed by atoms with van der Waals surface area (Å²) in [4.78, 5) is 22.3. The van der Waals surface area contributed by atoms with Gasteiger partial charge in [-0.3, -0.25) is 9.59 Å². The third kappa shape index (κ3) is 7.58. The molecule has 0 radical (unpaired) electrons. The van der Waals surface area contributed by atoms with E-state index in [2.05, 4.69) is 22.6 Å². The van der Waals surface area contributed by atoms with Crippen molar-refractivity contribution in [1.82, 2.24) is 0 Å². The van der Waals surface area contributed by atoms with Gasteiger partial charge in [0.1, 0.15) is 6.10 Å². The molecule has 0 aliphatic rings. The first-order chi connectivity index (χ1) is 7.13. The highest BCUT2D eigenvalue weighted by Crippen LogP contribution is 2.07. The molecule has 0 aromatic carbocycles. The number of halogens is 1. The molecule has 0 heterocycles. The van der Waals surface area contributed by atoms with Gasteiger partial charge >= 0.3 is 11.9 Å². The van der Waals surface area contributed by atoms with Crippen LogP contribution in [0.25, 0.3) is 0 Å². The summed E-state index contributed by atoms with van der Waals surface area (Å²) in [7, 11) is 0. The minimum absolute atomic E-state index is 0.145. The molecule has 4 nitrogen and oxygen atoms in total. The molecule has 0 saturated heterocycles. The highest BCUT2D eigenvalue weighted by Gasteiger charge is 2.17. The van der Waals surface area contributed by atoms with Crippen LogP contribution in [-0.2, 0) is 19.1 Å². The van der Waals surface area contributed by atoms with E-state index < -0.39 is 0 Å². The fourth-order valence-electron chi connectivity index (χ4n) is 0.982. The Labute approximate surface area is 104 Å². The largest absolute Gasteiger partial charge is 0.466 e. The van der Waals surface area contributed by atoms with Crippen LogP contribution in [0.3, 0.4) is 0 Å². The van der Waals surface area contributed by atoms with Gasteiger partial charge in [-0.15, -0.1) is 0 Å². The highest BCUT2D eigenvalue weighted by atomic mass is 127. The SMILES string of the molecule is CCCC(=O)OC(CI)CC(=O)OCC. The maximum Gasteiger partial charge on any atom is 0.309 e. The first-order valence-electron chi connectivity index (χ1n) is 5.05. The first kappa shape index (κ1) is 14.7. The standard InChI is InChI=1S/C10H17IO4/c1-3-5-9(12)15-8(7-11)6-10(13)14-4-2/h8H,3-7H2,1-2H3. The van der Waals surface area contributed by atoms with E-state index >= 15 is 0 Å². The Morgan fingerprint density at radius 3 is 2.40 bits per heavy atom. The monoisotopic (exact) mass is 328 g/mol. The number of carbonyl (C=O) groups is 2. The van der Waals surface area contributed by atoms with Gasteiger partial charge in [-0.25, -0.2) is 0 Å². The minimum atomic E-state index is -0.358. The second kappa shape index (κ2) is 8.94. The third-order valence-corrected chi connectivity index (χ3v) is 2.61. The summed E-state index contributed by atoms with van der Waals surface area (Å²) in [5.74, 6) is -0.563. The zero-order valence-electron chi connectivity index (χ0n) is 9.12. The Morgan fingerprint density at radius 1 is 1.27 bits per heavy atom. The maximum atomic E-state index is 11.2. The summed E-state index contributed by atoms with van der Waals surface area (Å²) in [5.41, 5.74) is 0. The van der Waals surface area contributed by atoms with Crippen LogP contribution < -0.4 is 0 Å². The van der Waals surface area contributed by atoms with Crippen LogP contribution in [0.4, 0.5) is 0 Å². The van der Waals surface area contributed by atoms with Crippen molar-refractivity contribution in [2.24, 2.45) is 0 Å². The van der Waals surface area contributed by atoms with Gasteiger partial charge in [0, 0.05) is 10.8 Å². The summed E-state index contributed by atoms with van der Waals surface area (Å²) in [6.45, 7) is 4.02. The van der Waals surface area contributed by atoms with E-state index in [1.54, 1.807) is 6.92 Å². The topological polar surface area (TPSA) is 52.6 Å². The van der Waals surface area contributed by atoms with Crippen molar-refractivity contribution in [1.29, 1.82) is 0 Å². The molecule has 0 aliphatic carbocycles. The number of esters is 2. The molecule has 1 atom stereocenters. The Bertz CT molecular complexity index is 186. The van der Waals surface area contributed by atoms with Gasteiger partial charge in [0.05, 0.1) is 13.0 Å². The molecular formula is C10H17IO4. The minimum Gasteiger partial charge on any atom is -0.466 e. The van der Waals surface area contributed by atoms with E-state index in [1.807, 2.05) is 6.92 Å². The molecule has 0 saturated carbocycles. The number of carbonyl (C=O) groups excluding carboxylic acids is 2. The van der Waals surface area contributed by atoms with Gasteiger partial charge in [-0.1, -0.05) is 29.5 Å². The molecule has 0 aromatic rings. The smallest absolute Gasteiger partial charge is 0.309 e. The van der Waals surface area contributed by atoms with Gasteiger partial charge in [-0.2, -0.15) is 0 Å². The summed E-state index contributed by atoms with van der Waals surface area (Å²) < 4.78 is 10.5. The van der Waals surface area contributed by atoms with E-state index in [9.17, 15) is 9.59 Å². The molecule has 5 heteroatoms. The number of ether oxygens (including phenoxy) is 2. The van der Waals surface area contributed by atoms with Crippen LogP contribution in [0, 0.1) is 0 Å². The predicted molar refractivity (Wildman–Crippen MR) is 64.9 cm³/mol. The quantitative estimate of drug-likeness (QED) is 0.408. The molecule has 1 unspecified atom stereocenters. The van der Waals surface area contributed by atoms with Crippen molar-refractivity contribution in [2.45, 2.75) is 39.2 Å². The molecular weight excluding hydrogens is 311 g/mol. The predicted octanol–water partition coefficient (Wildman–Crippen LogP) is 2.09. The van der Waals surface area contributed by atoms with Gasteiger partial charge in [0.25, 0.3) is 0 Å². The molecule has 0 amide bonds. The fourth-order valence-corrected chi connectivity index (χ4v) is 1.47. The lowest BCUT2D eigenvalue weighted by Gasteiger charge is -2.14. The fraction of sp³-hybridized carbons (Fsp3) is 0.800. The van der Waals surface area contributed by atoms with E-state index in [0.29, 0.717) is 17.5 Å². The van der Waals surface area contributed by atoms with Crippen molar-refractivity contribution in [2.75, 3.05) is 11.0 Å². The zero-order valence-corrected chi connectivity index (χ0v) is 11.3. The van der Waals surface area contributed by atoms with E-state index in [-0.39, 0.29) is 24.5 Å². The van der Waals surface area contributed by atoms with Crippen LogP contribution in [0.1, 0.15) is 33.1 Å². The summed E-state index contributed by atoms with van der Waals surface area (Å²) in [6.07, 6.45) is 0.942. The number of alkyl halides is 1. The first-order valence-corrected chi connectivity index (χ1v) is 6.57. The van der Waals surface area contributed by atoms with Crippen LogP contribution in [-0.4, -0.2) is 29.1 Å². The average Bonchev–Trinajstić information content (AvgIpc) is 2.17. The van der Waals surface area contributed by atoms with Gasteiger partial charge in [0.2, 0.25) is 0 Å². The Kier molecular flexibility index (Phi) is 8.74. The molecule has 0 rings (SSSR count). The summed E-state index contributed by atoms with van der Waals surface area (Å²) in [6, 6.07) is 0. The van der Waals surface area contributed by atoms with Gasteiger partial charge in [-0.05, 0) is 13.3 Å². The Balaban J connectivity index is 3.91. The summed E-state index contributed by atoms with van der Waals surface area (Å²) >= 11 is 2.09. The lowest BCUT2D eigenvalue weighted by Crippen LogP contribution is -2.23. The van der Waals surface area contributed by atoms with Crippen LogP contribution in [0.2, 0.25) is 0 Å². The van der Waals surface area contributed by atoms with Crippen LogP contribution in [0.5, 0.6) is 0 Å². The molecule has 0 aromatic heterocycles.